The Morgan fingerprint density at radius 1 is 1.43 bits per heavy atom. The number of nitrogens with one attached hydrogen (secondary N) is 1. The Morgan fingerprint density at radius 2 is 2.29 bits per heavy atom. The molecular formula is C14H19N5O2. The van der Waals surface area contributed by atoms with Crippen LogP contribution in [0, 0.1) is 5.41 Å². The molecule has 21 heavy (non-hydrogen) atoms. The Kier molecular flexibility index (Phi) is 2.63. The van der Waals surface area contributed by atoms with Gasteiger partial charge in [0.1, 0.15) is 0 Å². The van der Waals surface area contributed by atoms with Crippen LogP contribution < -0.4 is 11.3 Å². The summed E-state index contributed by atoms with van der Waals surface area (Å²) in [6.07, 6.45) is 7.51. The lowest BCUT2D eigenvalue weighted by Gasteiger charge is -2.27. The van der Waals surface area contributed by atoms with E-state index in [0.717, 1.165) is 38.5 Å². The maximum absolute atomic E-state index is 11.8. The van der Waals surface area contributed by atoms with Crippen molar-refractivity contribution in [1.29, 1.82) is 0 Å². The number of rotatable bonds is 1. The standard InChI is InChI=1S/C14H19N5O2/c15-13-17-11-10(12(21)18-13)16-7-19(11)8-3-5-14(6-8)4-1-2-9(14)20/h7-9,20H,1-6H2,(H3,15,17,18,21)/t8-,9-,14+/m0/s1. The lowest BCUT2D eigenvalue weighted by atomic mass is 9.82. The summed E-state index contributed by atoms with van der Waals surface area (Å²) >= 11 is 0. The van der Waals surface area contributed by atoms with E-state index in [-0.39, 0.29) is 29.1 Å². The topological polar surface area (TPSA) is 110 Å². The molecule has 7 nitrogen and oxygen atoms in total. The molecule has 2 saturated carbocycles. The van der Waals surface area contributed by atoms with E-state index in [9.17, 15) is 9.90 Å². The summed E-state index contributed by atoms with van der Waals surface area (Å²) in [4.78, 5) is 22.7. The number of nitrogens with zero attached hydrogens (tertiary/aromatic N) is 3. The Hall–Kier alpha value is -1.89. The molecular weight excluding hydrogens is 270 g/mol. The van der Waals surface area contributed by atoms with Crippen molar-refractivity contribution in [2.45, 2.75) is 50.7 Å². The number of hydrogen-bond acceptors (Lipinski definition) is 5. The largest absolute Gasteiger partial charge is 0.393 e. The van der Waals surface area contributed by atoms with Crippen molar-refractivity contribution in [3.63, 3.8) is 0 Å². The number of H-pyrrole nitrogens is 1. The summed E-state index contributed by atoms with van der Waals surface area (Å²) in [5, 5.41) is 10.3. The number of fused-ring (bicyclic) bond motifs is 1. The lowest BCUT2D eigenvalue weighted by molar-refractivity contribution is 0.0549. The fourth-order valence-electron chi connectivity index (χ4n) is 4.23. The third kappa shape index (κ3) is 1.80. The first-order valence-electron chi connectivity index (χ1n) is 7.49. The number of imidazole rings is 1. The highest BCUT2D eigenvalue weighted by Gasteiger charge is 2.47. The highest BCUT2D eigenvalue weighted by Crippen LogP contribution is 2.54. The van der Waals surface area contributed by atoms with Gasteiger partial charge in [-0.3, -0.25) is 9.78 Å². The maximum atomic E-state index is 11.8. The molecule has 2 aliphatic rings. The minimum atomic E-state index is -0.301. The van der Waals surface area contributed by atoms with Gasteiger partial charge in [0.15, 0.2) is 11.2 Å². The molecule has 3 atom stereocenters. The van der Waals surface area contributed by atoms with Crippen LogP contribution in [0.4, 0.5) is 5.95 Å². The van der Waals surface area contributed by atoms with Gasteiger partial charge in [-0.15, -0.1) is 0 Å². The SMILES string of the molecule is Nc1nc2c(ncn2[C@H]2CC[C@]3(CCC[C@@H]3O)C2)c(=O)[nH]1. The molecule has 0 saturated heterocycles. The Labute approximate surface area is 121 Å². The maximum Gasteiger partial charge on any atom is 0.280 e. The number of nitrogen functional groups attached to an aromatic ring is 1. The molecule has 0 bridgehead atoms. The molecule has 2 aromatic rings. The average Bonchev–Trinajstić information content (AvgIpc) is 3.11. The van der Waals surface area contributed by atoms with Gasteiger partial charge in [-0.05, 0) is 37.5 Å². The van der Waals surface area contributed by atoms with Gasteiger partial charge in [0.25, 0.3) is 5.56 Å². The molecule has 0 unspecified atom stereocenters. The molecule has 4 rings (SSSR count). The van der Waals surface area contributed by atoms with Crippen LogP contribution in [0.25, 0.3) is 11.2 Å². The van der Waals surface area contributed by atoms with E-state index in [4.69, 9.17) is 5.73 Å². The van der Waals surface area contributed by atoms with E-state index in [1.807, 2.05) is 4.57 Å². The predicted octanol–water partition coefficient (Wildman–Crippen LogP) is 0.958. The first kappa shape index (κ1) is 12.8. The van der Waals surface area contributed by atoms with E-state index >= 15 is 0 Å². The van der Waals surface area contributed by atoms with Crippen LogP contribution >= 0.6 is 0 Å². The van der Waals surface area contributed by atoms with Gasteiger partial charge in [0.2, 0.25) is 5.95 Å². The number of nitrogens with two attached hydrogens (primary N) is 1. The zero-order chi connectivity index (χ0) is 14.6. The molecule has 1 spiro atoms. The van der Waals surface area contributed by atoms with Crippen molar-refractivity contribution in [3.8, 4) is 0 Å². The molecule has 4 N–H and O–H groups in total. The fraction of sp³-hybridized carbons (Fsp3) is 0.643. The first-order chi connectivity index (χ1) is 10.1. The van der Waals surface area contributed by atoms with E-state index < -0.39 is 0 Å². The predicted molar refractivity (Wildman–Crippen MR) is 77.7 cm³/mol. The van der Waals surface area contributed by atoms with Crippen molar-refractivity contribution >= 4 is 17.1 Å². The molecule has 0 amide bonds. The third-order valence-electron chi connectivity index (χ3n) is 5.32. The number of aliphatic hydroxyl groups is 1. The summed E-state index contributed by atoms with van der Waals surface area (Å²) in [6, 6.07) is 0.233. The number of aromatic amines is 1. The van der Waals surface area contributed by atoms with Crippen molar-refractivity contribution in [3.05, 3.63) is 16.7 Å². The Balaban J connectivity index is 1.74. The molecule has 112 valence electrons. The summed E-state index contributed by atoms with van der Waals surface area (Å²) < 4.78 is 1.96. The zero-order valence-corrected chi connectivity index (χ0v) is 11.7. The van der Waals surface area contributed by atoms with Crippen molar-refractivity contribution < 1.29 is 5.11 Å². The van der Waals surface area contributed by atoms with Crippen LogP contribution in [0.5, 0.6) is 0 Å². The smallest absolute Gasteiger partial charge is 0.280 e. The van der Waals surface area contributed by atoms with Gasteiger partial charge in [0, 0.05) is 6.04 Å². The highest BCUT2D eigenvalue weighted by atomic mass is 16.3. The van der Waals surface area contributed by atoms with E-state index in [1.165, 1.54) is 0 Å². The second-order valence-corrected chi connectivity index (χ2v) is 6.44. The lowest BCUT2D eigenvalue weighted by Crippen LogP contribution is -2.27. The van der Waals surface area contributed by atoms with Crippen LogP contribution in [0.3, 0.4) is 0 Å². The first-order valence-corrected chi connectivity index (χ1v) is 7.49. The number of anilines is 1. The Morgan fingerprint density at radius 3 is 3.05 bits per heavy atom. The number of hydrogen-bond donors (Lipinski definition) is 3. The number of aromatic nitrogens is 4. The summed E-state index contributed by atoms with van der Waals surface area (Å²) in [6.45, 7) is 0. The molecule has 0 aromatic carbocycles. The minimum Gasteiger partial charge on any atom is -0.393 e. The molecule has 2 heterocycles. The van der Waals surface area contributed by atoms with Crippen LogP contribution in [-0.2, 0) is 0 Å². The van der Waals surface area contributed by atoms with Crippen LogP contribution in [0.2, 0.25) is 0 Å². The summed E-state index contributed by atoms with van der Waals surface area (Å²) in [5.74, 6) is 0.114. The monoisotopic (exact) mass is 289 g/mol. The summed E-state index contributed by atoms with van der Waals surface area (Å²) in [5.41, 5.74) is 6.27. The van der Waals surface area contributed by atoms with E-state index in [0.29, 0.717) is 11.2 Å². The van der Waals surface area contributed by atoms with E-state index in [2.05, 4.69) is 15.0 Å². The van der Waals surface area contributed by atoms with Gasteiger partial charge < -0.3 is 15.4 Å². The zero-order valence-electron chi connectivity index (χ0n) is 11.7. The van der Waals surface area contributed by atoms with Gasteiger partial charge >= 0.3 is 0 Å². The second-order valence-electron chi connectivity index (χ2n) is 6.44. The van der Waals surface area contributed by atoms with Crippen LogP contribution in [0.1, 0.15) is 44.6 Å². The number of aliphatic hydroxyl groups excluding tert-OH is 1. The highest BCUT2D eigenvalue weighted by molar-refractivity contribution is 5.70. The van der Waals surface area contributed by atoms with Crippen LogP contribution in [0.15, 0.2) is 11.1 Å². The van der Waals surface area contributed by atoms with E-state index in [1.54, 1.807) is 6.33 Å². The molecule has 2 aromatic heterocycles. The van der Waals surface area contributed by atoms with Gasteiger partial charge in [-0.25, -0.2) is 4.98 Å². The van der Waals surface area contributed by atoms with Gasteiger partial charge in [-0.2, -0.15) is 4.98 Å². The minimum absolute atomic E-state index is 0.0496. The quantitative estimate of drug-likeness (QED) is 0.724. The average molecular weight is 289 g/mol. The van der Waals surface area contributed by atoms with Crippen LogP contribution in [-0.4, -0.2) is 30.7 Å². The summed E-state index contributed by atoms with van der Waals surface area (Å²) in [7, 11) is 0. The molecule has 0 aliphatic heterocycles. The molecule has 2 aliphatic carbocycles. The molecule has 7 heteroatoms. The molecule has 0 radical (unpaired) electrons. The van der Waals surface area contributed by atoms with Gasteiger partial charge in [-0.1, -0.05) is 6.42 Å². The second kappa shape index (κ2) is 4.30. The van der Waals surface area contributed by atoms with Crippen molar-refractivity contribution in [1.82, 2.24) is 19.5 Å². The normalized spacial score (nSPS) is 32.4. The fourth-order valence-corrected chi connectivity index (χ4v) is 4.23. The molecule has 2 fully saturated rings. The van der Waals surface area contributed by atoms with Gasteiger partial charge in [0.05, 0.1) is 12.4 Å². The Bertz CT molecular complexity index is 751. The van der Waals surface area contributed by atoms with Crippen molar-refractivity contribution in [2.24, 2.45) is 5.41 Å². The third-order valence-corrected chi connectivity index (χ3v) is 5.32. The van der Waals surface area contributed by atoms with Crippen molar-refractivity contribution in [2.75, 3.05) is 5.73 Å².